The molecule has 2 heterocycles. The van der Waals surface area contributed by atoms with Gasteiger partial charge in [-0.3, -0.25) is 9.59 Å². The van der Waals surface area contributed by atoms with Gasteiger partial charge < -0.3 is 20.1 Å². The van der Waals surface area contributed by atoms with Crippen molar-refractivity contribution >= 4 is 23.7 Å². The molecule has 2 amide bonds. The van der Waals surface area contributed by atoms with E-state index in [4.69, 9.17) is 4.74 Å². The van der Waals surface area contributed by atoms with Gasteiger partial charge in [0.05, 0.1) is 17.9 Å². The number of benzene rings is 3. The summed E-state index contributed by atoms with van der Waals surface area (Å²) < 4.78 is 46.7. The van der Waals surface area contributed by atoms with Gasteiger partial charge in [0.1, 0.15) is 5.75 Å². The third-order valence-corrected chi connectivity index (χ3v) is 6.94. The molecule has 1 atom stereocenters. The maximum Gasteiger partial charge on any atom is 0.416 e. The maximum absolute atomic E-state index is 13.7. The largest absolute Gasteiger partial charge is 0.506 e. The highest BCUT2D eigenvalue weighted by Gasteiger charge is 2.33. The van der Waals surface area contributed by atoms with Crippen LogP contribution >= 0.6 is 0 Å². The van der Waals surface area contributed by atoms with Gasteiger partial charge in [0.15, 0.2) is 0 Å². The Morgan fingerprint density at radius 2 is 1.89 bits per heavy atom. The van der Waals surface area contributed by atoms with E-state index in [0.29, 0.717) is 60.5 Å². The molecule has 0 aliphatic carbocycles. The van der Waals surface area contributed by atoms with Crippen molar-refractivity contribution in [3.8, 4) is 16.9 Å². The second kappa shape index (κ2) is 9.89. The molecule has 0 spiro atoms. The molecular weight excluding hydrogens is 485 g/mol. The van der Waals surface area contributed by atoms with Crippen molar-refractivity contribution in [2.24, 2.45) is 0 Å². The highest BCUT2D eigenvalue weighted by atomic mass is 19.4. The zero-order chi connectivity index (χ0) is 26.2. The molecule has 192 valence electrons. The minimum Gasteiger partial charge on any atom is -0.506 e. The van der Waals surface area contributed by atoms with E-state index in [2.05, 4.69) is 5.32 Å². The summed E-state index contributed by atoms with van der Waals surface area (Å²) in [6.45, 7) is 1.36. The Bertz CT molecular complexity index is 1350. The zero-order valence-electron chi connectivity index (χ0n) is 19.8. The third-order valence-electron chi connectivity index (χ3n) is 6.94. The van der Waals surface area contributed by atoms with E-state index in [1.165, 1.54) is 18.2 Å². The summed E-state index contributed by atoms with van der Waals surface area (Å²) in [5.41, 5.74) is 2.89. The number of ether oxygens (including phenoxy) is 1. The van der Waals surface area contributed by atoms with Crippen molar-refractivity contribution in [2.45, 2.75) is 31.4 Å². The fourth-order valence-electron chi connectivity index (χ4n) is 5.01. The number of hydrogen-bond acceptors (Lipinski definition) is 4. The smallest absolute Gasteiger partial charge is 0.416 e. The SMILES string of the molecule is O=CNc1cc(N2CCc3cc(-c4cc(C5CCCOC5)cc(C(F)(F)F)c4)ccc3C2=O)ccc1O. The average Bonchev–Trinajstić information content (AvgIpc) is 2.90. The van der Waals surface area contributed by atoms with Crippen LogP contribution in [0.15, 0.2) is 54.6 Å². The van der Waals surface area contributed by atoms with Gasteiger partial charge in [-0.15, -0.1) is 0 Å². The van der Waals surface area contributed by atoms with E-state index in [9.17, 15) is 27.9 Å². The van der Waals surface area contributed by atoms with E-state index in [1.54, 1.807) is 35.2 Å². The maximum atomic E-state index is 13.7. The number of hydrogen-bond donors (Lipinski definition) is 2. The number of carbonyl (C=O) groups excluding carboxylic acids is 2. The summed E-state index contributed by atoms with van der Waals surface area (Å²) in [6.07, 6.45) is -1.96. The van der Waals surface area contributed by atoms with Crippen molar-refractivity contribution < 1.29 is 32.6 Å². The number of rotatable bonds is 5. The van der Waals surface area contributed by atoms with Gasteiger partial charge in [-0.25, -0.2) is 0 Å². The molecule has 0 saturated carbocycles. The molecule has 2 aliphatic rings. The fraction of sp³-hybridized carbons (Fsp3) is 0.286. The van der Waals surface area contributed by atoms with Crippen LogP contribution < -0.4 is 10.2 Å². The van der Waals surface area contributed by atoms with E-state index in [-0.39, 0.29) is 23.3 Å². The number of phenolic OH excluding ortho intramolecular Hbond substituents is 1. The van der Waals surface area contributed by atoms with Crippen molar-refractivity contribution in [2.75, 3.05) is 30.0 Å². The molecule has 37 heavy (non-hydrogen) atoms. The van der Waals surface area contributed by atoms with Gasteiger partial charge in [-0.2, -0.15) is 13.2 Å². The minimum atomic E-state index is -4.48. The van der Waals surface area contributed by atoms with E-state index in [1.807, 2.05) is 0 Å². The molecule has 3 aromatic carbocycles. The van der Waals surface area contributed by atoms with E-state index < -0.39 is 11.7 Å². The first-order chi connectivity index (χ1) is 17.7. The monoisotopic (exact) mass is 510 g/mol. The molecule has 6 nitrogen and oxygen atoms in total. The third kappa shape index (κ3) is 5.04. The number of phenols is 1. The lowest BCUT2D eigenvalue weighted by atomic mass is 9.88. The summed E-state index contributed by atoms with van der Waals surface area (Å²) in [7, 11) is 0. The van der Waals surface area contributed by atoms with Crippen LogP contribution in [0.25, 0.3) is 11.1 Å². The first-order valence-corrected chi connectivity index (χ1v) is 12.0. The van der Waals surface area contributed by atoms with Crippen LogP contribution in [0.1, 0.15) is 45.8 Å². The lowest BCUT2D eigenvalue weighted by Gasteiger charge is -2.29. The molecular formula is C28H25F3N2O4. The number of alkyl halides is 3. The normalized spacial score (nSPS) is 17.9. The highest BCUT2D eigenvalue weighted by Crippen LogP contribution is 2.38. The predicted octanol–water partition coefficient (Wildman–Crippen LogP) is 5.74. The molecule has 9 heteroatoms. The molecule has 1 saturated heterocycles. The molecule has 1 unspecified atom stereocenters. The quantitative estimate of drug-likeness (QED) is 0.339. The van der Waals surface area contributed by atoms with Crippen LogP contribution in [0, 0.1) is 0 Å². The number of halogens is 3. The van der Waals surface area contributed by atoms with Gasteiger partial charge in [-0.1, -0.05) is 18.2 Å². The summed E-state index contributed by atoms with van der Waals surface area (Å²) in [5.74, 6) is -0.475. The van der Waals surface area contributed by atoms with Crippen molar-refractivity contribution in [1.82, 2.24) is 0 Å². The Labute approximate surface area is 211 Å². The van der Waals surface area contributed by atoms with Crippen molar-refractivity contribution in [3.05, 3.63) is 76.9 Å². The Morgan fingerprint density at radius 3 is 2.62 bits per heavy atom. The van der Waals surface area contributed by atoms with Crippen LogP contribution in [-0.4, -0.2) is 37.2 Å². The first kappa shape index (κ1) is 24.8. The van der Waals surface area contributed by atoms with Gasteiger partial charge in [0.2, 0.25) is 6.41 Å². The Balaban J connectivity index is 1.48. The van der Waals surface area contributed by atoms with Crippen molar-refractivity contribution in [1.29, 1.82) is 0 Å². The molecule has 0 aromatic heterocycles. The minimum absolute atomic E-state index is 0.0912. The number of anilines is 2. The van der Waals surface area contributed by atoms with Gasteiger partial charge in [0.25, 0.3) is 5.91 Å². The summed E-state index contributed by atoms with van der Waals surface area (Å²) in [6, 6.07) is 13.8. The Hall–Kier alpha value is -3.85. The molecule has 2 aliphatic heterocycles. The molecule has 0 bridgehead atoms. The second-order valence-electron chi connectivity index (χ2n) is 9.30. The Kier molecular flexibility index (Phi) is 6.64. The molecule has 5 rings (SSSR count). The summed E-state index contributed by atoms with van der Waals surface area (Å²) in [5, 5.41) is 12.3. The zero-order valence-corrected chi connectivity index (χ0v) is 19.8. The number of nitrogens with one attached hydrogen (secondary N) is 1. The van der Waals surface area contributed by atoms with Crippen LogP contribution in [0.2, 0.25) is 0 Å². The Morgan fingerprint density at radius 1 is 1.05 bits per heavy atom. The number of nitrogens with zero attached hydrogens (tertiary/aromatic N) is 1. The highest BCUT2D eigenvalue weighted by molar-refractivity contribution is 6.08. The number of fused-ring (bicyclic) bond motifs is 1. The van der Waals surface area contributed by atoms with Crippen LogP contribution in [0.3, 0.4) is 0 Å². The lowest BCUT2D eigenvalue weighted by Crippen LogP contribution is -2.37. The van der Waals surface area contributed by atoms with Gasteiger partial charge >= 0.3 is 6.18 Å². The van der Waals surface area contributed by atoms with E-state index >= 15 is 0 Å². The lowest BCUT2D eigenvalue weighted by molar-refractivity contribution is -0.137. The molecule has 1 fully saturated rings. The topological polar surface area (TPSA) is 78.9 Å². The molecule has 3 aromatic rings. The van der Waals surface area contributed by atoms with Crippen LogP contribution in [0.5, 0.6) is 5.75 Å². The number of amides is 2. The molecule has 2 N–H and O–H groups in total. The number of aromatic hydroxyl groups is 1. The van der Waals surface area contributed by atoms with Crippen LogP contribution in [0.4, 0.5) is 24.5 Å². The summed E-state index contributed by atoms with van der Waals surface area (Å²) in [4.78, 5) is 25.6. The number of carbonyl (C=O) groups is 2. The fourth-order valence-corrected chi connectivity index (χ4v) is 5.01. The van der Waals surface area contributed by atoms with Crippen molar-refractivity contribution in [3.63, 3.8) is 0 Å². The first-order valence-electron chi connectivity index (χ1n) is 12.0. The van der Waals surface area contributed by atoms with Gasteiger partial charge in [0, 0.05) is 30.3 Å². The standard InChI is InChI=1S/C28H25F3N2O4/c29-28(30,31)22-12-20(11-21(13-22)19-2-1-9-37-15-19)17-3-5-24-18(10-17)7-8-33(27(24)36)23-4-6-26(35)25(14-23)32-16-34/h3-6,10-14,16,19,35H,1-2,7-9,15H2,(H,32,34). The average molecular weight is 511 g/mol. The second-order valence-corrected chi connectivity index (χ2v) is 9.30. The summed E-state index contributed by atoms with van der Waals surface area (Å²) >= 11 is 0. The molecule has 0 radical (unpaired) electrons. The van der Waals surface area contributed by atoms with Gasteiger partial charge in [-0.05, 0) is 77.9 Å². The van der Waals surface area contributed by atoms with E-state index in [0.717, 1.165) is 24.5 Å². The van der Waals surface area contributed by atoms with Crippen LogP contribution in [-0.2, 0) is 22.1 Å². The predicted molar refractivity (Wildman–Crippen MR) is 133 cm³/mol.